The van der Waals surface area contributed by atoms with Crippen LogP contribution < -0.4 is 5.32 Å². The van der Waals surface area contributed by atoms with Gasteiger partial charge < -0.3 is 10.1 Å². The molecule has 1 aliphatic heterocycles. The molecule has 2 heterocycles. The van der Waals surface area contributed by atoms with Crippen LogP contribution >= 0.6 is 11.8 Å². The van der Waals surface area contributed by atoms with E-state index in [4.69, 9.17) is 4.74 Å². The predicted octanol–water partition coefficient (Wildman–Crippen LogP) is 1.93. The van der Waals surface area contributed by atoms with Gasteiger partial charge in [0.1, 0.15) is 5.82 Å². The Morgan fingerprint density at radius 1 is 1.32 bits per heavy atom. The largest absolute Gasteiger partial charge is 0.379 e. The van der Waals surface area contributed by atoms with E-state index in [9.17, 15) is 4.79 Å². The lowest BCUT2D eigenvalue weighted by atomic mass is 10.2. The molecule has 8 heteroatoms. The first-order valence-corrected chi connectivity index (χ1v) is 9.44. The maximum absolute atomic E-state index is 12.0. The number of ether oxygens (including phenoxy) is 1. The summed E-state index contributed by atoms with van der Waals surface area (Å²) in [4.78, 5) is 18.7. The number of anilines is 1. The average molecular weight is 361 g/mol. The number of morpholine rings is 1. The Bertz CT molecular complexity index is 683. The summed E-state index contributed by atoms with van der Waals surface area (Å²) in [7, 11) is 0. The maximum Gasteiger partial charge on any atom is 0.234 e. The minimum absolute atomic E-state index is 0.0613. The molecular weight excluding hydrogens is 338 g/mol. The molecule has 0 atom stereocenters. The summed E-state index contributed by atoms with van der Waals surface area (Å²) in [6.45, 7) is 6.46. The van der Waals surface area contributed by atoms with Crippen molar-refractivity contribution in [2.75, 3.05) is 37.4 Å². The van der Waals surface area contributed by atoms with E-state index >= 15 is 0 Å². The van der Waals surface area contributed by atoms with Crippen LogP contribution in [0.3, 0.4) is 0 Å². The number of hydrogen-bond acceptors (Lipinski definition) is 6. The number of carbonyl (C=O) groups excluding carboxylic acids is 1. The highest BCUT2D eigenvalue weighted by molar-refractivity contribution is 7.99. The minimum atomic E-state index is -0.0613. The van der Waals surface area contributed by atoms with Crippen LogP contribution in [0.25, 0.3) is 0 Å². The van der Waals surface area contributed by atoms with E-state index in [1.807, 2.05) is 19.1 Å². The summed E-state index contributed by atoms with van der Waals surface area (Å²) >= 11 is 1.33. The molecule has 1 aliphatic rings. The highest BCUT2D eigenvalue weighted by Gasteiger charge is 2.11. The van der Waals surface area contributed by atoms with Crippen LogP contribution in [0.2, 0.25) is 0 Å². The molecule has 7 nitrogen and oxygen atoms in total. The fraction of sp³-hybridized carbons (Fsp3) is 0.471. The van der Waals surface area contributed by atoms with E-state index in [2.05, 4.69) is 37.5 Å². The lowest BCUT2D eigenvalue weighted by Gasteiger charge is -2.26. The Morgan fingerprint density at radius 3 is 2.76 bits per heavy atom. The Morgan fingerprint density at radius 2 is 2.08 bits per heavy atom. The van der Waals surface area contributed by atoms with Crippen LogP contribution in [-0.2, 0) is 22.5 Å². The van der Waals surface area contributed by atoms with Crippen LogP contribution in [0, 0.1) is 0 Å². The van der Waals surface area contributed by atoms with Gasteiger partial charge in [0.2, 0.25) is 11.1 Å². The first kappa shape index (κ1) is 17.9. The molecule has 0 saturated carbocycles. The normalized spacial score (nSPS) is 15.2. The van der Waals surface area contributed by atoms with Gasteiger partial charge in [-0.3, -0.25) is 14.8 Å². The molecule has 0 radical (unpaired) electrons. The number of benzene rings is 1. The van der Waals surface area contributed by atoms with E-state index in [1.165, 1.54) is 17.3 Å². The van der Waals surface area contributed by atoms with Crippen molar-refractivity contribution in [1.29, 1.82) is 0 Å². The van der Waals surface area contributed by atoms with Crippen molar-refractivity contribution in [3.63, 3.8) is 0 Å². The molecule has 0 bridgehead atoms. The molecule has 25 heavy (non-hydrogen) atoms. The highest BCUT2D eigenvalue weighted by Crippen LogP contribution is 2.15. The number of hydrogen-bond donors (Lipinski definition) is 2. The van der Waals surface area contributed by atoms with Crippen LogP contribution in [0.1, 0.15) is 18.3 Å². The number of aromatic amines is 1. The number of nitrogens with one attached hydrogen (secondary N) is 2. The predicted molar refractivity (Wildman–Crippen MR) is 97.7 cm³/mol. The fourth-order valence-electron chi connectivity index (χ4n) is 2.54. The molecule has 2 aromatic rings. The molecular formula is C17H23N5O2S. The van der Waals surface area contributed by atoms with Gasteiger partial charge in [-0.2, -0.15) is 0 Å². The molecule has 1 fully saturated rings. The Labute approximate surface area is 151 Å². The molecule has 3 rings (SSSR count). The van der Waals surface area contributed by atoms with Gasteiger partial charge >= 0.3 is 0 Å². The molecule has 0 aliphatic carbocycles. The number of H-pyrrole nitrogens is 1. The highest BCUT2D eigenvalue weighted by atomic mass is 32.2. The number of rotatable bonds is 7. The van der Waals surface area contributed by atoms with E-state index in [1.54, 1.807) is 0 Å². The smallest absolute Gasteiger partial charge is 0.234 e. The SMILES string of the molecule is CCc1nc(SCC(=O)Nc2ccc(CN3CCOCC3)cc2)n[nH]1. The number of amides is 1. The second kappa shape index (κ2) is 8.98. The first-order chi connectivity index (χ1) is 12.2. The second-order valence-corrected chi connectivity index (χ2v) is 6.78. The van der Waals surface area contributed by atoms with Crippen LogP contribution in [0.4, 0.5) is 5.69 Å². The lowest BCUT2D eigenvalue weighted by Crippen LogP contribution is -2.35. The summed E-state index contributed by atoms with van der Waals surface area (Å²) in [5, 5.41) is 10.4. The summed E-state index contributed by atoms with van der Waals surface area (Å²) in [5.74, 6) is 1.06. The Kier molecular flexibility index (Phi) is 6.43. The van der Waals surface area contributed by atoms with Gasteiger partial charge in [0.05, 0.1) is 19.0 Å². The summed E-state index contributed by atoms with van der Waals surface area (Å²) in [6.07, 6.45) is 0.802. The van der Waals surface area contributed by atoms with Crippen LogP contribution in [0.5, 0.6) is 0 Å². The number of aryl methyl sites for hydroxylation is 1. The average Bonchev–Trinajstić information content (AvgIpc) is 3.11. The maximum atomic E-state index is 12.0. The van der Waals surface area contributed by atoms with E-state index in [0.717, 1.165) is 50.8 Å². The van der Waals surface area contributed by atoms with Crippen molar-refractivity contribution in [3.8, 4) is 0 Å². The summed E-state index contributed by atoms with van der Waals surface area (Å²) in [5.41, 5.74) is 2.04. The number of aromatic nitrogens is 3. The monoisotopic (exact) mass is 361 g/mol. The van der Waals surface area contributed by atoms with Crippen molar-refractivity contribution in [2.45, 2.75) is 25.0 Å². The number of nitrogens with zero attached hydrogens (tertiary/aromatic N) is 3. The Hall–Kier alpha value is -1.90. The number of thioether (sulfide) groups is 1. The summed E-state index contributed by atoms with van der Waals surface area (Å²) < 4.78 is 5.36. The number of carbonyl (C=O) groups is 1. The zero-order chi connectivity index (χ0) is 17.5. The molecule has 1 aromatic carbocycles. The molecule has 0 unspecified atom stereocenters. The zero-order valence-corrected chi connectivity index (χ0v) is 15.1. The van der Waals surface area contributed by atoms with Crippen LogP contribution in [-0.4, -0.2) is 58.0 Å². The van der Waals surface area contributed by atoms with Gasteiger partial charge in [-0.05, 0) is 17.7 Å². The molecule has 134 valence electrons. The second-order valence-electron chi connectivity index (χ2n) is 5.84. The van der Waals surface area contributed by atoms with Gasteiger partial charge in [0, 0.05) is 31.7 Å². The minimum Gasteiger partial charge on any atom is -0.379 e. The van der Waals surface area contributed by atoms with Crippen molar-refractivity contribution in [3.05, 3.63) is 35.7 Å². The van der Waals surface area contributed by atoms with E-state index < -0.39 is 0 Å². The molecule has 1 amide bonds. The van der Waals surface area contributed by atoms with Gasteiger partial charge in [0.25, 0.3) is 0 Å². The summed E-state index contributed by atoms with van der Waals surface area (Å²) in [6, 6.07) is 8.00. The third kappa shape index (κ3) is 5.55. The molecule has 0 spiro atoms. The molecule has 1 saturated heterocycles. The van der Waals surface area contributed by atoms with Gasteiger partial charge in [-0.1, -0.05) is 30.8 Å². The zero-order valence-electron chi connectivity index (χ0n) is 14.3. The first-order valence-electron chi connectivity index (χ1n) is 8.46. The third-order valence-corrected chi connectivity index (χ3v) is 4.77. The van der Waals surface area contributed by atoms with Gasteiger partial charge in [-0.25, -0.2) is 4.98 Å². The Balaban J connectivity index is 1.44. The van der Waals surface area contributed by atoms with Gasteiger partial charge in [0.15, 0.2) is 0 Å². The molecule has 1 aromatic heterocycles. The van der Waals surface area contributed by atoms with E-state index in [-0.39, 0.29) is 11.7 Å². The fourth-order valence-corrected chi connectivity index (χ4v) is 3.16. The third-order valence-electron chi connectivity index (χ3n) is 3.93. The van der Waals surface area contributed by atoms with E-state index in [0.29, 0.717) is 5.16 Å². The quantitative estimate of drug-likeness (QED) is 0.733. The van der Waals surface area contributed by atoms with Crippen LogP contribution in [0.15, 0.2) is 29.4 Å². The van der Waals surface area contributed by atoms with Crippen molar-refractivity contribution in [2.24, 2.45) is 0 Å². The van der Waals surface area contributed by atoms with Crippen molar-refractivity contribution in [1.82, 2.24) is 20.1 Å². The molecule has 2 N–H and O–H groups in total. The van der Waals surface area contributed by atoms with Gasteiger partial charge in [-0.15, -0.1) is 5.10 Å². The van der Waals surface area contributed by atoms with Crippen molar-refractivity contribution < 1.29 is 9.53 Å². The standard InChI is InChI=1S/C17H23N5O2S/c1-2-15-19-17(21-20-15)25-12-16(23)18-14-5-3-13(4-6-14)11-22-7-9-24-10-8-22/h3-6H,2,7-12H2,1H3,(H,18,23)(H,19,20,21). The lowest BCUT2D eigenvalue weighted by molar-refractivity contribution is -0.113. The topological polar surface area (TPSA) is 83.1 Å². The van der Waals surface area contributed by atoms with Crippen molar-refractivity contribution >= 4 is 23.4 Å².